The van der Waals surface area contributed by atoms with Crippen molar-refractivity contribution in [1.29, 1.82) is 0 Å². The van der Waals surface area contributed by atoms with Crippen LogP contribution in [0.4, 0.5) is 0 Å². The highest BCUT2D eigenvalue weighted by molar-refractivity contribution is 8.00. The molecule has 1 aromatic carbocycles. The van der Waals surface area contributed by atoms with Gasteiger partial charge >= 0.3 is 0 Å². The fourth-order valence-electron chi connectivity index (χ4n) is 3.66. The fourth-order valence-corrected chi connectivity index (χ4v) is 4.73. The van der Waals surface area contributed by atoms with Crippen molar-refractivity contribution in [3.8, 4) is 0 Å². The van der Waals surface area contributed by atoms with E-state index >= 15 is 0 Å². The Morgan fingerprint density at radius 1 is 1.31 bits per heavy atom. The first-order chi connectivity index (χ1) is 12.5. The summed E-state index contributed by atoms with van der Waals surface area (Å²) < 4.78 is 1.66. The molecule has 6 heteroatoms. The second kappa shape index (κ2) is 8.25. The molecule has 2 aromatic rings. The van der Waals surface area contributed by atoms with Crippen LogP contribution in [0.2, 0.25) is 0 Å². The van der Waals surface area contributed by atoms with Crippen LogP contribution in [-0.2, 0) is 11.3 Å². The molecule has 1 aliphatic rings. The second-order valence-electron chi connectivity index (χ2n) is 6.96. The Labute approximate surface area is 158 Å². The summed E-state index contributed by atoms with van der Waals surface area (Å²) in [6, 6.07) is 7.73. The lowest BCUT2D eigenvalue weighted by atomic mass is 9.94. The Morgan fingerprint density at radius 2 is 2.00 bits per heavy atom. The third-order valence-corrected chi connectivity index (χ3v) is 6.32. The lowest BCUT2D eigenvalue weighted by molar-refractivity contribution is -0.131. The molecule has 0 bridgehead atoms. The van der Waals surface area contributed by atoms with Gasteiger partial charge < -0.3 is 4.90 Å². The summed E-state index contributed by atoms with van der Waals surface area (Å²) in [5, 5.41) is 0.971. The Bertz CT molecular complexity index is 843. The number of hydrogen-bond acceptors (Lipinski definition) is 4. The number of carbonyl (C=O) groups excluding carboxylic acids is 1. The molecule has 1 heterocycles. The fraction of sp³-hybridized carbons (Fsp3) is 0.550. The average Bonchev–Trinajstić information content (AvgIpc) is 2.68. The SMILES string of the molecule is CCn1c(SC(C)C(=O)N(C)C2CCCCC2)nc2ccccc2c1=O. The maximum absolute atomic E-state index is 12.9. The third kappa shape index (κ3) is 3.80. The molecular weight excluding hydrogens is 346 g/mol. The van der Waals surface area contributed by atoms with Crippen molar-refractivity contribution >= 4 is 28.6 Å². The summed E-state index contributed by atoms with van der Waals surface area (Å²) in [5.74, 6) is 0.118. The lowest BCUT2D eigenvalue weighted by Gasteiger charge is -2.32. The number of rotatable bonds is 5. The molecule has 1 aliphatic carbocycles. The zero-order valence-corrected chi connectivity index (χ0v) is 16.6. The Hall–Kier alpha value is -1.82. The molecule has 1 amide bonds. The van der Waals surface area contributed by atoms with E-state index in [9.17, 15) is 9.59 Å². The molecule has 0 N–H and O–H groups in total. The van der Waals surface area contributed by atoms with Crippen molar-refractivity contribution in [2.75, 3.05) is 7.05 Å². The van der Waals surface area contributed by atoms with Crippen LogP contribution in [0.3, 0.4) is 0 Å². The summed E-state index contributed by atoms with van der Waals surface area (Å²) in [4.78, 5) is 32.2. The van der Waals surface area contributed by atoms with Crippen LogP contribution in [0, 0.1) is 0 Å². The van der Waals surface area contributed by atoms with Crippen molar-refractivity contribution in [2.45, 2.75) is 68.9 Å². The predicted octanol–water partition coefficient (Wildman–Crippen LogP) is 3.69. The third-order valence-electron chi connectivity index (χ3n) is 5.24. The maximum atomic E-state index is 12.9. The van der Waals surface area contributed by atoms with E-state index in [1.807, 2.05) is 44.0 Å². The van der Waals surface area contributed by atoms with E-state index in [2.05, 4.69) is 4.98 Å². The minimum absolute atomic E-state index is 0.0408. The van der Waals surface area contributed by atoms with Gasteiger partial charge in [0, 0.05) is 19.6 Å². The molecule has 0 spiro atoms. The van der Waals surface area contributed by atoms with Gasteiger partial charge in [0.15, 0.2) is 5.16 Å². The molecule has 0 saturated heterocycles. The first-order valence-electron chi connectivity index (χ1n) is 9.45. The Balaban J connectivity index is 1.83. The quantitative estimate of drug-likeness (QED) is 0.592. The van der Waals surface area contributed by atoms with Crippen molar-refractivity contribution < 1.29 is 4.79 Å². The number of benzene rings is 1. The number of carbonyl (C=O) groups is 1. The Kier molecular flexibility index (Phi) is 6.01. The summed E-state index contributed by atoms with van der Waals surface area (Å²) in [6.45, 7) is 4.38. The van der Waals surface area contributed by atoms with Crippen molar-refractivity contribution in [3.63, 3.8) is 0 Å². The minimum Gasteiger partial charge on any atom is -0.342 e. The van der Waals surface area contributed by atoms with Crippen LogP contribution in [0.1, 0.15) is 46.0 Å². The van der Waals surface area contributed by atoms with Crippen molar-refractivity contribution in [1.82, 2.24) is 14.5 Å². The molecule has 3 rings (SSSR count). The number of nitrogens with zero attached hydrogens (tertiary/aromatic N) is 3. The number of thioether (sulfide) groups is 1. The topological polar surface area (TPSA) is 55.2 Å². The van der Waals surface area contributed by atoms with Gasteiger partial charge in [0.25, 0.3) is 5.56 Å². The Morgan fingerprint density at radius 3 is 2.69 bits per heavy atom. The summed E-state index contributed by atoms with van der Waals surface area (Å²) in [7, 11) is 1.91. The van der Waals surface area contributed by atoms with Gasteiger partial charge in [0.1, 0.15) is 0 Å². The molecule has 0 radical (unpaired) electrons. The first-order valence-corrected chi connectivity index (χ1v) is 10.3. The van der Waals surface area contributed by atoms with E-state index in [4.69, 9.17) is 0 Å². The molecule has 1 fully saturated rings. The smallest absolute Gasteiger partial charge is 0.262 e. The average molecular weight is 374 g/mol. The van der Waals surface area contributed by atoms with Gasteiger partial charge in [-0.3, -0.25) is 14.2 Å². The van der Waals surface area contributed by atoms with Gasteiger partial charge in [-0.15, -0.1) is 0 Å². The van der Waals surface area contributed by atoms with Crippen LogP contribution in [0.25, 0.3) is 10.9 Å². The van der Waals surface area contributed by atoms with Crippen LogP contribution < -0.4 is 5.56 Å². The van der Waals surface area contributed by atoms with Crippen molar-refractivity contribution in [2.24, 2.45) is 0 Å². The number of amides is 1. The molecule has 1 atom stereocenters. The second-order valence-corrected chi connectivity index (χ2v) is 8.27. The summed E-state index contributed by atoms with van der Waals surface area (Å²) in [5.41, 5.74) is 0.644. The first kappa shape index (κ1) is 19.0. The lowest BCUT2D eigenvalue weighted by Crippen LogP contribution is -2.42. The van der Waals surface area contributed by atoms with E-state index in [0.29, 0.717) is 28.6 Å². The van der Waals surface area contributed by atoms with E-state index in [1.54, 1.807) is 10.6 Å². The molecule has 1 aromatic heterocycles. The molecule has 1 unspecified atom stereocenters. The molecular formula is C20H27N3O2S. The van der Waals surface area contributed by atoms with E-state index < -0.39 is 0 Å². The van der Waals surface area contributed by atoms with Gasteiger partial charge in [-0.1, -0.05) is 43.2 Å². The van der Waals surface area contributed by atoms with Gasteiger partial charge in [-0.25, -0.2) is 4.98 Å². The largest absolute Gasteiger partial charge is 0.342 e. The predicted molar refractivity (Wildman–Crippen MR) is 107 cm³/mol. The normalized spacial score (nSPS) is 16.6. The van der Waals surface area contributed by atoms with Gasteiger partial charge in [-0.2, -0.15) is 0 Å². The standard InChI is InChI=1S/C20H27N3O2S/c1-4-23-19(25)16-12-8-9-13-17(16)21-20(23)26-14(2)18(24)22(3)15-10-6-5-7-11-15/h8-9,12-15H,4-7,10-11H2,1-3H3. The van der Waals surface area contributed by atoms with E-state index in [-0.39, 0.29) is 16.7 Å². The number of fused-ring (bicyclic) bond motifs is 1. The van der Waals surface area contributed by atoms with Gasteiger partial charge in [0.2, 0.25) is 5.91 Å². The van der Waals surface area contributed by atoms with Crippen molar-refractivity contribution in [3.05, 3.63) is 34.6 Å². The molecule has 0 aliphatic heterocycles. The molecule has 26 heavy (non-hydrogen) atoms. The molecule has 5 nitrogen and oxygen atoms in total. The van der Waals surface area contributed by atoms with Crippen LogP contribution in [-0.4, -0.2) is 38.7 Å². The number of aromatic nitrogens is 2. The zero-order valence-electron chi connectivity index (χ0n) is 15.8. The monoisotopic (exact) mass is 373 g/mol. The maximum Gasteiger partial charge on any atom is 0.262 e. The van der Waals surface area contributed by atoms with Gasteiger partial charge in [-0.05, 0) is 38.8 Å². The highest BCUT2D eigenvalue weighted by Gasteiger charge is 2.27. The van der Waals surface area contributed by atoms with E-state index in [0.717, 1.165) is 12.8 Å². The van der Waals surface area contributed by atoms with Gasteiger partial charge in [0.05, 0.1) is 16.2 Å². The van der Waals surface area contributed by atoms with Crippen LogP contribution in [0.5, 0.6) is 0 Å². The van der Waals surface area contributed by atoms with E-state index in [1.165, 1.54) is 31.0 Å². The molecule has 140 valence electrons. The number of para-hydroxylation sites is 1. The summed E-state index contributed by atoms with van der Waals surface area (Å²) in [6.07, 6.45) is 5.85. The highest BCUT2D eigenvalue weighted by Crippen LogP contribution is 2.27. The summed E-state index contributed by atoms with van der Waals surface area (Å²) >= 11 is 1.38. The number of hydrogen-bond donors (Lipinski definition) is 0. The molecule has 1 saturated carbocycles. The highest BCUT2D eigenvalue weighted by atomic mass is 32.2. The van der Waals surface area contributed by atoms with Crippen LogP contribution >= 0.6 is 11.8 Å². The van der Waals surface area contributed by atoms with Crippen LogP contribution in [0.15, 0.2) is 34.2 Å². The zero-order chi connectivity index (χ0) is 18.7. The minimum atomic E-state index is -0.271.